The maximum Gasteiger partial charge on any atom is 0.311 e. The first-order valence-electron chi connectivity index (χ1n) is 11.8. The van der Waals surface area contributed by atoms with Gasteiger partial charge in [0.25, 0.3) is 0 Å². The van der Waals surface area contributed by atoms with Crippen molar-refractivity contribution in [1.82, 2.24) is 9.55 Å². The number of hydrogen-bond donors (Lipinski definition) is 1. The molecule has 1 aromatic carbocycles. The summed E-state index contributed by atoms with van der Waals surface area (Å²) >= 11 is 0. The van der Waals surface area contributed by atoms with Crippen LogP contribution in [0, 0.1) is 19.8 Å². The minimum atomic E-state index is -0.680. The van der Waals surface area contributed by atoms with Gasteiger partial charge >= 0.3 is 5.97 Å². The Morgan fingerprint density at radius 1 is 1.10 bits per heavy atom. The van der Waals surface area contributed by atoms with Crippen LogP contribution in [-0.2, 0) is 24.2 Å². The maximum absolute atomic E-state index is 12.0. The fraction of sp³-hybridized carbons (Fsp3) is 0.481. The van der Waals surface area contributed by atoms with Crippen molar-refractivity contribution < 1.29 is 9.90 Å². The SMILES string of the molecule is Cc1cc(C)c2c3c(n(Cc4ccc(C(C(=O)O)C5CCCC5)cc4)c2n1)CCCC3. The standard InChI is InChI=1S/C27H32N2O2/c1-17-15-18(2)28-26-24(17)22-9-5-6-10-23(22)29(26)16-19-11-13-21(14-12-19)25(27(30)31)20-7-3-4-8-20/h11-15,20,25H,3-10,16H2,1-2H3,(H,30,31). The van der Waals surface area contributed by atoms with E-state index in [1.165, 1.54) is 40.6 Å². The molecule has 0 bridgehead atoms. The molecule has 1 saturated carbocycles. The van der Waals surface area contributed by atoms with Crippen LogP contribution in [0.1, 0.15) is 78.1 Å². The highest BCUT2D eigenvalue weighted by molar-refractivity contribution is 5.86. The van der Waals surface area contributed by atoms with Crippen molar-refractivity contribution >= 4 is 17.0 Å². The lowest BCUT2D eigenvalue weighted by atomic mass is 9.84. The van der Waals surface area contributed by atoms with E-state index < -0.39 is 5.97 Å². The van der Waals surface area contributed by atoms with Crippen LogP contribution in [0.25, 0.3) is 11.0 Å². The number of aliphatic carboxylic acids is 1. The van der Waals surface area contributed by atoms with Gasteiger partial charge in [-0.15, -0.1) is 0 Å². The second-order valence-corrected chi connectivity index (χ2v) is 9.60. The summed E-state index contributed by atoms with van der Waals surface area (Å²) in [6.07, 6.45) is 9.13. The number of aryl methyl sites for hydroxylation is 3. The van der Waals surface area contributed by atoms with Crippen molar-refractivity contribution in [2.75, 3.05) is 0 Å². The third-order valence-corrected chi connectivity index (χ3v) is 7.46. The predicted molar refractivity (Wildman–Crippen MR) is 124 cm³/mol. The third-order valence-electron chi connectivity index (χ3n) is 7.46. The molecule has 162 valence electrons. The number of carboxylic acid groups (broad SMARTS) is 1. The van der Waals surface area contributed by atoms with Crippen LogP contribution in [-0.4, -0.2) is 20.6 Å². The number of carbonyl (C=O) groups is 1. The average Bonchev–Trinajstić information content (AvgIpc) is 3.36. The summed E-state index contributed by atoms with van der Waals surface area (Å²) in [5, 5.41) is 11.2. The lowest BCUT2D eigenvalue weighted by Crippen LogP contribution is -2.19. The van der Waals surface area contributed by atoms with Gasteiger partial charge in [-0.25, -0.2) is 4.98 Å². The van der Waals surface area contributed by atoms with E-state index in [0.717, 1.165) is 62.0 Å². The molecule has 4 nitrogen and oxygen atoms in total. The van der Waals surface area contributed by atoms with E-state index in [2.05, 4.69) is 48.7 Å². The zero-order chi connectivity index (χ0) is 21.5. The minimum absolute atomic E-state index is 0.277. The molecule has 0 amide bonds. The van der Waals surface area contributed by atoms with E-state index in [1.807, 2.05) is 0 Å². The first-order chi connectivity index (χ1) is 15.0. The highest BCUT2D eigenvalue weighted by Crippen LogP contribution is 2.38. The Labute approximate surface area is 184 Å². The highest BCUT2D eigenvalue weighted by Gasteiger charge is 2.31. The van der Waals surface area contributed by atoms with Gasteiger partial charge in [0, 0.05) is 23.3 Å². The molecule has 0 radical (unpaired) electrons. The first kappa shape index (κ1) is 20.3. The summed E-state index contributed by atoms with van der Waals surface area (Å²) < 4.78 is 2.42. The Balaban J connectivity index is 1.50. The summed E-state index contributed by atoms with van der Waals surface area (Å²) in [7, 11) is 0. The van der Waals surface area contributed by atoms with Gasteiger partial charge in [-0.05, 0) is 86.6 Å². The van der Waals surface area contributed by atoms with Crippen LogP contribution in [0.2, 0.25) is 0 Å². The van der Waals surface area contributed by atoms with Gasteiger partial charge in [0.05, 0.1) is 5.92 Å². The molecule has 2 aliphatic rings. The van der Waals surface area contributed by atoms with E-state index >= 15 is 0 Å². The second kappa shape index (κ2) is 8.14. The molecule has 2 aromatic heterocycles. The predicted octanol–water partition coefficient (Wildman–Crippen LogP) is 5.94. The smallest absolute Gasteiger partial charge is 0.311 e. The Morgan fingerprint density at radius 3 is 2.52 bits per heavy atom. The Morgan fingerprint density at radius 2 is 1.81 bits per heavy atom. The lowest BCUT2D eigenvalue weighted by molar-refractivity contribution is -0.140. The lowest BCUT2D eigenvalue weighted by Gasteiger charge is -2.20. The molecule has 1 N–H and O–H groups in total. The molecule has 31 heavy (non-hydrogen) atoms. The van der Waals surface area contributed by atoms with Crippen LogP contribution in [0.15, 0.2) is 30.3 Å². The number of nitrogens with zero attached hydrogens (tertiary/aromatic N) is 2. The second-order valence-electron chi connectivity index (χ2n) is 9.60. The topological polar surface area (TPSA) is 55.1 Å². The molecule has 1 unspecified atom stereocenters. The Hall–Kier alpha value is -2.62. The highest BCUT2D eigenvalue weighted by atomic mass is 16.4. The number of carboxylic acids is 1. The van der Waals surface area contributed by atoms with Gasteiger partial charge in [0.15, 0.2) is 0 Å². The van der Waals surface area contributed by atoms with Crippen LogP contribution in [0.3, 0.4) is 0 Å². The molecule has 3 aromatic rings. The fourth-order valence-corrected chi connectivity index (χ4v) is 6.06. The number of aromatic nitrogens is 2. The molecule has 1 atom stereocenters. The number of pyridine rings is 1. The van der Waals surface area contributed by atoms with E-state index in [9.17, 15) is 9.90 Å². The van der Waals surface area contributed by atoms with Crippen LogP contribution >= 0.6 is 0 Å². The largest absolute Gasteiger partial charge is 0.481 e. The zero-order valence-corrected chi connectivity index (χ0v) is 18.7. The van der Waals surface area contributed by atoms with Gasteiger partial charge in [0.2, 0.25) is 0 Å². The molecular formula is C27H32N2O2. The van der Waals surface area contributed by atoms with Crippen molar-refractivity contribution in [2.24, 2.45) is 5.92 Å². The third kappa shape index (κ3) is 3.66. The quantitative estimate of drug-likeness (QED) is 0.560. The van der Waals surface area contributed by atoms with E-state index in [0.29, 0.717) is 0 Å². The van der Waals surface area contributed by atoms with Gasteiger partial charge in [0.1, 0.15) is 5.65 Å². The molecule has 2 aliphatic carbocycles. The van der Waals surface area contributed by atoms with Crippen LogP contribution < -0.4 is 0 Å². The molecule has 0 aliphatic heterocycles. The van der Waals surface area contributed by atoms with Crippen molar-refractivity contribution in [3.8, 4) is 0 Å². The molecule has 0 spiro atoms. The summed E-state index contributed by atoms with van der Waals surface area (Å²) in [6.45, 7) is 5.08. The van der Waals surface area contributed by atoms with Crippen molar-refractivity contribution in [2.45, 2.75) is 77.7 Å². The van der Waals surface area contributed by atoms with Crippen LogP contribution in [0.5, 0.6) is 0 Å². The number of fused-ring (bicyclic) bond motifs is 3. The van der Waals surface area contributed by atoms with Crippen molar-refractivity contribution in [3.05, 3.63) is 64.0 Å². The molecule has 2 heterocycles. The van der Waals surface area contributed by atoms with Gasteiger partial charge in [-0.1, -0.05) is 37.1 Å². The number of hydrogen-bond acceptors (Lipinski definition) is 2. The van der Waals surface area contributed by atoms with E-state index in [4.69, 9.17) is 4.98 Å². The molecule has 4 heteroatoms. The van der Waals surface area contributed by atoms with Gasteiger partial charge < -0.3 is 9.67 Å². The number of benzene rings is 1. The van der Waals surface area contributed by atoms with Crippen LogP contribution in [0.4, 0.5) is 0 Å². The molecular weight excluding hydrogens is 384 g/mol. The average molecular weight is 417 g/mol. The van der Waals surface area contributed by atoms with Crippen molar-refractivity contribution in [3.63, 3.8) is 0 Å². The minimum Gasteiger partial charge on any atom is -0.481 e. The summed E-state index contributed by atoms with van der Waals surface area (Å²) in [4.78, 5) is 16.9. The zero-order valence-electron chi connectivity index (χ0n) is 18.7. The van der Waals surface area contributed by atoms with Crippen molar-refractivity contribution in [1.29, 1.82) is 0 Å². The first-order valence-corrected chi connectivity index (χ1v) is 11.8. The molecule has 5 rings (SSSR count). The van der Waals surface area contributed by atoms with E-state index in [-0.39, 0.29) is 11.8 Å². The summed E-state index contributed by atoms with van der Waals surface area (Å²) in [5.41, 5.74) is 8.62. The molecule has 1 fully saturated rings. The molecule has 0 saturated heterocycles. The Bertz CT molecular complexity index is 1120. The number of rotatable bonds is 5. The summed E-state index contributed by atoms with van der Waals surface area (Å²) in [5.74, 6) is -0.775. The normalized spacial score (nSPS) is 17.7. The monoisotopic (exact) mass is 416 g/mol. The van der Waals surface area contributed by atoms with Gasteiger partial charge in [-0.2, -0.15) is 0 Å². The maximum atomic E-state index is 12.0. The fourth-order valence-electron chi connectivity index (χ4n) is 6.06. The van der Waals surface area contributed by atoms with E-state index in [1.54, 1.807) is 0 Å². The summed E-state index contributed by atoms with van der Waals surface area (Å²) in [6, 6.07) is 10.6. The Kier molecular flexibility index (Phi) is 5.33. The van der Waals surface area contributed by atoms with Gasteiger partial charge in [-0.3, -0.25) is 4.79 Å².